The monoisotopic (exact) mass is 236 g/mol. The lowest BCUT2D eigenvalue weighted by Crippen LogP contribution is -2.48. The van der Waals surface area contributed by atoms with Gasteiger partial charge in [0.05, 0.1) is 6.26 Å². The second-order valence-electron chi connectivity index (χ2n) is 4.73. The number of aryl methyl sites for hydroxylation is 1. The molecule has 0 saturated carbocycles. The van der Waals surface area contributed by atoms with E-state index < -0.39 is 0 Å². The van der Waals surface area contributed by atoms with Crippen molar-refractivity contribution in [3.05, 3.63) is 24.2 Å². The van der Waals surface area contributed by atoms with E-state index in [2.05, 4.69) is 17.6 Å². The van der Waals surface area contributed by atoms with Gasteiger partial charge in [0, 0.05) is 31.5 Å². The Bertz CT molecular complexity index is 338. The molecule has 1 aliphatic heterocycles. The van der Waals surface area contributed by atoms with E-state index in [1.54, 1.807) is 6.26 Å². The van der Waals surface area contributed by atoms with Crippen LogP contribution < -0.4 is 10.6 Å². The average molecular weight is 236 g/mol. The quantitative estimate of drug-likeness (QED) is 0.814. The van der Waals surface area contributed by atoms with Crippen molar-refractivity contribution >= 4 is 5.91 Å². The van der Waals surface area contributed by atoms with Gasteiger partial charge in [0.15, 0.2) is 0 Å². The molecule has 1 amide bonds. The zero-order valence-electron chi connectivity index (χ0n) is 10.2. The fraction of sp³-hybridized carbons (Fsp3) is 0.615. The van der Waals surface area contributed by atoms with Crippen molar-refractivity contribution < 1.29 is 9.21 Å². The molecule has 17 heavy (non-hydrogen) atoms. The standard InChI is InChI=1S/C13H20N2O2/c1-10(4-6-12-3-2-8-17-12)15-11-5-7-13(16)14-9-11/h2-3,8,10-11,15H,4-7,9H2,1H3,(H,14,16). The molecular formula is C13H20N2O2. The van der Waals surface area contributed by atoms with Crippen molar-refractivity contribution in [2.75, 3.05) is 6.54 Å². The molecule has 2 heterocycles. The van der Waals surface area contributed by atoms with Crippen LogP contribution in [0.1, 0.15) is 31.9 Å². The third-order valence-electron chi connectivity index (χ3n) is 3.19. The summed E-state index contributed by atoms with van der Waals surface area (Å²) < 4.78 is 5.30. The van der Waals surface area contributed by atoms with E-state index in [-0.39, 0.29) is 5.91 Å². The maximum atomic E-state index is 11.0. The molecule has 2 N–H and O–H groups in total. The maximum absolute atomic E-state index is 11.0. The molecule has 2 unspecified atom stereocenters. The molecule has 4 heteroatoms. The molecule has 1 aliphatic rings. The fourth-order valence-electron chi connectivity index (χ4n) is 2.17. The topological polar surface area (TPSA) is 54.3 Å². The summed E-state index contributed by atoms with van der Waals surface area (Å²) >= 11 is 0. The van der Waals surface area contributed by atoms with Gasteiger partial charge in [-0.3, -0.25) is 4.79 Å². The summed E-state index contributed by atoms with van der Waals surface area (Å²) in [6, 6.07) is 4.79. The molecule has 1 fully saturated rings. The van der Waals surface area contributed by atoms with Crippen LogP contribution in [0.3, 0.4) is 0 Å². The number of carbonyl (C=O) groups excluding carboxylic acids is 1. The van der Waals surface area contributed by atoms with Gasteiger partial charge in [-0.2, -0.15) is 0 Å². The Kier molecular flexibility index (Phi) is 4.20. The number of hydrogen-bond donors (Lipinski definition) is 2. The molecule has 0 aromatic carbocycles. The highest BCUT2D eigenvalue weighted by atomic mass is 16.3. The van der Waals surface area contributed by atoms with Crippen molar-refractivity contribution in [2.24, 2.45) is 0 Å². The molecule has 0 bridgehead atoms. The minimum absolute atomic E-state index is 0.172. The second kappa shape index (κ2) is 5.87. The van der Waals surface area contributed by atoms with Gasteiger partial charge in [-0.25, -0.2) is 0 Å². The summed E-state index contributed by atoms with van der Waals surface area (Å²) in [5, 5.41) is 6.43. The number of hydrogen-bond acceptors (Lipinski definition) is 3. The highest BCUT2D eigenvalue weighted by Crippen LogP contribution is 2.08. The molecule has 0 spiro atoms. The van der Waals surface area contributed by atoms with Crippen LogP contribution in [-0.2, 0) is 11.2 Å². The molecule has 1 saturated heterocycles. The minimum atomic E-state index is 0.172. The van der Waals surface area contributed by atoms with Crippen LogP contribution in [-0.4, -0.2) is 24.5 Å². The van der Waals surface area contributed by atoms with Crippen molar-refractivity contribution in [3.8, 4) is 0 Å². The molecule has 4 nitrogen and oxygen atoms in total. The fourth-order valence-corrected chi connectivity index (χ4v) is 2.17. The second-order valence-corrected chi connectivity index (χ2v) is 4.73. The van der Waals surface area contributed by atoms with E-state index in [9.17, 15) is 4.79 Å². The maximum Gasteiger partial charge on any atom is 0.220 e. The van der Waals surface area contributed by atoms with Crippen LogP contribution in [0, 0.1) is 0 Å². The lowest BCUT2D eigenvalue weighted by atomic mass is 10.0. The van der Waals surface area contributed by atoms with Crippen molar-refractivity contribution in [3.63, 3.8) is 0 Å². The van der Waals surface area contributed by atoms with Crippen molar-refractivity contribution in [2.45, 2.75) is 44.7 Å². The van der Waals surface area contributed by atoms with Gasteiger partial charge in [0.25, 0.3) is 0 Å². The highest BCUT2D eigenvalue weighted by Gasteiger charge is 2.19. The Morgan fingerprint density at radius 2 is 2.53 bits per heavy atom. The van der Waals surface area contributed by atoms with Crippen LogP contribution in [0.15, 0.2) is 22.8 Å². The van der Waals surface area contributed by atoms with Gasteiger partial charge >= 0.3 is 0 Å². The number of furan rings is 1. The Morgan fingerprint density at radius 3 is 3.18 bits per heavy atom. The van der Waals surface area contributed by atoms with E-state index in [0.717, 1.165) is 31.6 Å². The van der Waals surface area contributed by atoms with Gasteiger partial charge in [-0.05, 0) is 31.9 Å². The SMILES string of the molecule is CC(CCc1ccco1)NC1CCC(=O)NC1. The first kappa shape index (κ1) is 12.2. The van der Waals surface area contributed by atoms with E-state index >= 15 is 0 Å². The van der Waals surface area contributed by atoms with Gasteiger partial charge in [0.2, 0.25) is 5.91 Å². The summed E-state index contributed by atoms with van der Waals surface area (Å²) in [5.74, 6) is 1.21. The summed E-state index contributed by atoms with van der Waals surface area (Å²) in [6.07, 6.45) is 5.31. The van der Waals surface area contributed by atoms with Gasteiger partial charge in [-0.1, -0.05) is 0 Å². The van der Waals surface area contributed by atoms with Gasteiger partial charge < -0.3 is 15.1 Å². The molecule has 94 valence electrons. The smallest absolute Gasteiger partial charge is 0.220 e. The largest absolute Gasteiger partial charge is 0.469 e. The molecule has 0 aliphatic carbocycles. The Hall–Kier alpha value is -1.29. The third kappa shape index (κ3) is 3.89. The summed E-state index contributed by atoms with van der Waals surface area (Å²) in [5.41, 5.74) is 0. The molecule has 0 radical (unpaired) electrons. The van der Waals surface area contributed by atoms with E-state index in [4.69, 9.17) is 4.42 Å². The number of amides is 1. The first-order chi connectivity index (χ1) is 8.24. The Balaban J connectivity index is 1.66. The third-order valence-corrected chi connectivity index (χ3v) is 3.19. The van der Waals surface area contributed by atoms with Crippen LogP contribution in [0.5, 0.6) is 0 Å². The first-order valence-electron chi connectivity index (χ1n) is 6.29. The summed E-state index contributed by atoms with van der Waals surface area (Å²) in [7, 11) is 0. The highest BCUT2D eigenvalue weighted by molar-refractivity contribution is 5.76. The molecular weight excluding hydrogens is 216 g/mol. The lowest BCUT2D eigenvalue weighted by molar-refractivity contribution is -0.122. The van der Waals surface area contributed by atoms with Crippen molar-refractivity contribution in [1.29, 1.82) is 0 Å². The zero-order chi connectivity index (χ0) is 12.1. The predicted octanol–water partition coefficient (Wildman–Crippen LogP) is 1.47. The molecule has 2 atom stereocenters. The number of piperidine rings is 1. The van der Waals surface area contributed by atoms with Gasteiger partial charge in [-0.15, -0.1) is 0 Å². The molecule has 2 rings (SSSR count). The molecule has 1 aromatic heterocycles. The van der Waals surface area contributed by atoms with Crippen LogP contribution in [0.2, 0.25) is 0 Å². The van der Waals surface area contributed by atoms with Crippen LogP contribution in [0.4, 0.5) is 0 Å². The van der Waals surface area contributed by atoms with E-state index in [1.165, 1.54) is 0 Å². The van der Waals surface area contributed by atoms with E-state index in [0.29, 0.717) is 18.5 Å². The van der Waals surface area contributed by atoms with Crippen LogP contribution >= 0.6 is 0 Å². The minimum Gasteiger partial charge on any atom is -0.469 e. The Labute approximate surface area is 102 Å². The number of carbonyl (C=O) groups is 1. The first-order valence-corrected chi connectivity index (χ1v) is 6.29. The number of nitrogens with one attached hydrogen (secondary N) is 2. The normalized spacial score (nSPS) is 22.2. The number of rotatable bonds is 5. The lowest BCUT2D eigenvalue weighted by Gasteiger charge is -2.26. The average Bonchev–Trinajstić information content (AvgIpc) is 2.83. The van der Waals surface area contributed by atoms with Crippen molar-refractivity contribution in [1.82, 2.24) is 10.6 Å². The summed E-state index contributed by atoms with van der Waals surface area (Å²) in [4.78, 5) is 11.0. The zero-order valence-corrected chi connectivity index (χ0v) is 10.2. The Morgan fingerprint density at radius 1 is 1.65 bits per heavy atom. The summed E-state index contributed by atoms with van der Waals surface area (Å²) in [6.45, 7) is 2.93. The van der Waals surface area contributed by atoms with Gasteiger partial charge in [0.1, 0.15) is 5.76 Å². The van der Waals surface area contributed by atoms with E-state index in [1.807, 2.05) is 12.1 Å². The predicted molar refractivity (Wildman–Crippen MR) is 65.7 cm³/mol. The molecule has 1 aromatic rings. The van der Waals surface area contributed by atoms with Crippen LogP contribution in [0.25, 0.3) is 0 Å².